The molecule has 262 valence electrons. The lowest BCUT2D eigenvalue weighted by Gasteiger charge is -2.20. The third kappa shape index (κ3) is 29.7. The molecular formula is C33H65O10P. The summed E-state index contributed by atoms with van der Waals surface area (Å²) in [7, 11) is -4.57. The van der Waals surface area contributed by atoms with Gasteiger partial charge in [0.25, 0.3) is 0 Å². The fourth-order valence-electron chi connectivity index (χ4n) is 4.80. The fourth-order valence-corrected chi connectivity index (χ4v) is 5.58. The Morgan fingerprint density at radius 2 is 1.02 bits per heavy atom. The van der Waals surface area contributed by atoms with Crippen LogP contribution in [0.2, 0.25) is 0 Å². The molecule has 0 amide bonds. The highest BCUT2D eigenvalue weighted by Gasteiger charge is 2.27. The Balaban J connectivity index is 3.83. The molecule has 0 aromatic heterocycles. The van der Waals surface area contributed by atoms with E-state index in [0.717, 1.165) is 12.8 Å². The Morgan fingerprint density at radius 3 is 1.45 bits per heavy atom. The zero-order chi connectivity index (χ0) is 32.7. The Bertz CT molecular complexity index is 721. The largest absolute Gasteiger partial charge is 0.472 e. The average Bonchev–Trinajstić information content (AvgIpc) is 3.00. The number of aliphatic hydroxyl groups excluding tert-OH is 2. The molecule has 0 saturated heterocycles. The van der Waals surface area contributed by atoms with E-state index in [4.69, 9.17) is 19.1 Å². The predicted molar refractivity (Wildman–Crippen MR) is 173 cm³/mol. The molecule has 11 heteroatoms. The van der Waals surface area contributed by atoms with Gasteiger partial charge in [0.15, 0.2) is 6.10 Å². The van der Waals surface area contributed by atoms with Crippen LogP contribution in [0.4, 0.5) is 0 Å². The summed E-state index contributed by atoms with van der Waals surface area (Å²) in [6.45, 7) is 1.96. The lowest BCUT2D eigenvalue weighted by Crippen LogP contribution is -2.29. The second-order valence-corrected chi connectivity index (χ2v) is 13.4. The van der Waals surface area contributed by atoms with Crippen molar-refractivity contribution in [3.8, 4) is 0 Å². The van der Waals surface area contributed by atoms with Gasteiger partial charge in [-0.2, -0.15) is 0 Å². The number of rotatable bonds is 33. The van der Waals surface area contributed by atoms with E-state index in [2.05, 4.69) is 11.4 Å². The standard InChI is InChI=1S/C33H65O10P/c1-3-5-6-7-8-9-10-11-12-13-14-15-16-17-18-19-20-21-22-23-25-32(36)40-28-31(43-33(37)24-4-2)29-42-44(38,39)41-27-30(35)26-34/h30-31,34-35H,3-29H2,1-2H3,(H,38,39)/t30-,31+/m0/s1. The lowest BCUT2D eigenvalue weighted by molar-refractivity contribution is -0.161. The molecule has 0 aliphatic heterocycles. The van der Waals surface area contributed by atoms with Crippen molar-refractivity contribution in [3.63, 3.8) is 0 Å². The minimum Gasteiger partial charge on any atom is -0.462 e. The number of unbranched alkanes of at least 4 members (excludes halogenated alkanes) is 19. The number of phosphoric acid groups is 1. The maximum atomic E-state index is 12.2. The number of carbonyl (C=O) groups is 2. The van der Waals surface area contributed by atoms with Crippen molar-refractivity contribution in [2.45, 2.75) is 174 Å². The van der Waals surface area contributed by atoms with E-state index in [1.54, 1.807) is 6.92 Å². The van der Waals surface area contributed by atoms with Crippen LogP contribution in [0.5, 0.6) is 0 Å². The van der Waals surface area contributed by atoms with E-state index in [9.17, 15) is 24.2 Å². The number of hydrogen-bond donors (Lipinski definition) is 3. The molecule has 3 atom stereocenters. The molecular weight excluding hydrogens is 587 g/mol. The van der Waals surface area contributed by atoms with Crippen molar-refractivity contribution in [1.82, 2.24) is 0 Å². The molecule has 0 bridgehead atoms. The van der Waals surface area contributed by atoms with Crippen molar-refractivity contribution in [2.75, 3.05) is 26.4 Å². The zero-order valence-corrected chi connectivity index (χ0v) is 28.8. The van der Waals surface area contributed by atoms with E-state index in [-0.39, 0.29) is 19.4 Å². The van der Waals surface area contributed by atoms with E-state index in [0.29, 0.717) is 12.8 Å². The normalized spacial score (nSPS) is 14.2. The van der Waals surface area contributed by atoms with Crippen LogP contribution in [-0.2, 0) is 32.7 Å². The van der Waals surface area contributed by atoms with Gasteiger partial charge in [0.1, 0.15) is 12.7 Å². The second kappa shape index (κ2) is 30.6. The Morgan fingerprint density at radius 1 is 0.591 bits per heavy atom. The summed E-state index contributed by atoms with van der Waals surface area (Å²) in [5.41, 5.74) is 0. The van der Waals surface area contributed by atoms with Gasteiger partial charge in [-0.3, -0.25) is 18.6 Å². The van der Waals surface area contributed by atoms with Crippen LogP contribution in [0, 0.1) is 0 Å². The molecule has 3 N–H and O–H groups in total. The van der Waals surface area contributed by atoms with Crippen molar-refractivity contribution in [1.29, 1.82) is 0 Å². The number of hydrogen-bond acceptors (Lipinski definition) is 9. The highest BCUT2D eigenvalue weighted by molar-refractivity contribution is 7.47. The van der Waals surface area contributed by atoms with Crippen LogP contribution >= 0.6 is 7.82 Å². The summed E-state index contributed by atoms with van der Waals surface area (Å²) >= 11 is 0. The molecule has 0 aliphatic carbocycles. The molecule has 0 spiro atoms. The zero-order valence-electron chi connectivity index (χ0n) is 27.9. The van der Waals surface area contributed by atoms with Crippen molar-refractivity contribution in [3.05, 3.63) is 0 Å². The highest BCUT2D eigenvalue weighted by Crippen LogP contribution is 2.43. The van der Waals surface area contributed by atoms with Crippen LogP contribution in [0.25, 0.3) is 0 Å². The summed E-state index contributed by atoms with van der Waals surface area (Å²) in [5, 5.41) is 18.0. The van der Waals surface area contributed by atoms with Gasteiger partial charge in [-0.15, -0.1) is 0 Å². The maximum Gasteiger partial charge on any atom is 0.472 e. The number of ether oxygens (including phenoxy) is 2. The minimum atomic E-state index is -4.57. The summed E-state index contributed by atoms with van der Waals surface area (Å²) in [5.74, 6) is -0.978. The topological polar surface area (TPSA) is 149 Å². The molecule has 1 unspecified atom stereocenters. The molecule has 44 heavy (non-hydrogen) atoms. The number of phosphoric ester groups is 1. The summed E-state index contributed by atoms with van der Waals surface area (Å²) in [4.78, 5) is 33.8. The van der Waals surface area contributed by atoms with Gasteiger partial charge in [-0.05, 0) is 12.8 Å². The van der Waals surface area contributed by atoms with Gasteiger partial charge < -0.3 is 24.6 Å². The molecule has 0 aliphatic rings. The van der Waals surface area contributed by atoms with Gasteiger partial charge >= 0.3 is 19.8 Å². The second-order valence-electron chi connectivity index (χ2n) is 11.9. The molecule has 0 heterocycles. The van der Waals surface area contributed by atoms with Crippen LogP contribution < -0.4 is 0 Å². The van der Waals surface area contributed by atoms with E-state index < -0.39 is 51.8 Å². The first-order chi connectivity index (χ1) is 21.2. The van der Waals surface area contributed by atoms with Crippen molar-refractivity contribution in [2.24, 2.45) is 0 Å². The van der Waals surface area contributed by atoms with Gasteiger partial charge in [0, 0.05) is 12.8 Å². The Labute approximate surface area is 267 Å². The molecule has 0 aromatic carbocycles. The third-order valence-electron chi connectivity index (χ3n) is 7.48. The van der Waals surface area contributed by atoms with Crippen LogP contribution in [-0.4, -0.2) is 65.7 Å². The van der Waals surface area contributed by atoms with Gasteiger partial charge in [-0.1, -0.05) is 136 Å². The Kier molecular flexibility index (Phi) is 29.9. The van der Waals surface area contributed by atoms with Gasteiger partial charge in [-0.25, -0.2) is 4.57 Å². The van der Waals surface area contributed by atoms with Crippen molar-refractivity contribution < 1.29 is 47.8 Å². The fraction of sp³-hybridized carbons (Fsp3) is 0.939. The lowest BCUT2D eigenvalue weighted by atomic mass is 10.0. The quantitative estimate of drug-likeness (QED) is 0.0362. The first-order valence-electron chi connectivity index (χ1n) is 17.5. The molecule has 0 saturated carbocycles. The molecule has 0 aromatic rings. The SMILES string of the molecule is CCCCCCCCCCCCCCCCCCCCCCC(=O)OC[C@H](COP(=O)(O)OC[C@@H](O)CO)OC(=O)CCC. The first kappa shape index (κ1) is 43.0. The van der Waals surface area contributed by atoms with Crippen molar-refractivity contribution >= 4 is 19.8 Å². The van der Waals surface area contributed by atoms with E-state index >= 15 is 0 Å². The number of aliphatic hydroxyl groups is 2. The monoisotopic (exact) mass is 652 g/mol. The average molecular weight is 653 g/mol. The summed E-state index contributed by atoms with van der Waals surface area (Å²) < 4.78 is 31.8. The van der Waals surface area contributed by atoms with Gasteiger partial charge in [0.05, 0.1) is 19.8 Å². The van der Waals surface area contributed by atoms with E-state index in [1.165, 1.54) is 109 Å². The van der Waals surface area contributed by atoms with Crippen LogP contribution in [0.3, 0.4) is 0 Å². The summed E-state index contributed by atoms with van der Waals surface area (Å²) in [6, 6.07) is 0. The maximum absolute atomic E-state index is 12.2. The predicted octanol–water partition coefficient (Wildman–Crippen LogP) is 7.94. The molecule has 0 rings (SSSR count). The van der Waals surface area contributed by atoms with Crippen LogP contribution in [0.1, 0.15) is 162 Å². The summed E-state index contributed by atoms with van der Waals surface area (Å²) in [6.07, 6.45) is 24.2. The molecule has 0 fully saturated rings. The van der Waals surface area contributed by atoms with Crippen LogP contribution in [0.15, 0.2) is 0 Å². The Hall–Kier alpha value is -1.03. The van der Waals surface area contributed by atoms with Gasteiger partial charge in [0.2, 0.25) is 0 Å². The van der Waals surface area contributed by atoms with E-state index in [1.807, 2.05) is 0 Å². The smallest absolute Gasteiger partial charge is 0.462 e. The first-order valence-corrected chi connectivity index (χ1v) is 19.0. The third-order valence-corrected chi connectivity index (χ3v) is 8.43. The molecule has 0 radical (unpaired) electrons. The highest BCUT2D eigenvalue weighted by atomic mass is 31.2. The number of esters is 2. The molecule has 10 nitrogen and oxygen atoms in total. The minimum absolute atomic E-state index is 0.139. The number of carbonyl (C=O) groups excluding carboxylic acids is 2.